The lowest BCUT2D eigenvalue weighted by Crippen LogP contribution is -2.58. The molecule has 0 radical (unpaired) electrons. The molecular formula is C27H33F3N6O7. The second kappa shape index (κ2) is 13.7. The molecule has 2 heterocycles. The molecule has 1 aliphatic heterocycles. The minimum Gasteiger partial charge on any atom is -0.391 e. The minimum absolute atomic E-state index is 0.0110. The Morgan fingerprint density at radius 3 is 2.23 bits per heavy atom. The van der Waals surface area contributed by atoms with Crippen molar-refractivity contribution in [3.05, 3.63) is 52.9 Å². The SMILES string of the molecule is CC(C)[C@@H]1NC(=O)[C@H](C)NC(=O)[C@H]([C@@H](C)O)NC(=O)c2cc(on2)CN(C(=O)c2ccc(C(F)(F)F)cc2)CCNC1=O. The molecule has 0 spiro atoms. The lowest BCUT2D eigenvalue weighted by Gasteiger charge is -2.26. The number of amides is 5. The maximum atomic E-state index is 13.3. The average Bonchev–Trinajstić information content (AvgIpc) is 3.40. The summed E-state index contributed by atoms with van der Waals surface area (Å²) in [4.78, 5) is 65.9. The van der Waals surface area contributed by atoms with Gasteiger partial charge in [0.15, 0.2) is 11.5 Å². The number of nitrogens with zero attached hydrogens (tertiary/aromatic N) is 2. The zero-order valence-corrected chi connectivity index (χ0v) is 23.8. The Morgan fingerprint density at radius 1 is 1.00 bits per heavy atom. The van der Waals surface area contributed by atoms with Crippen LogP contribution in [0.15, 0.2) is 34.9 Å². The predicted octanol–water partition coefficient (Wildman–Crippen LogP) is 0.590. The number of hydrogen-bond acceptors (Lipinski definition) is 8. The van der Waals surface area contributed by atoms with Crippen molar-refractivity contribution in [2.45, 2.75) is 64.6 Å². The van der Waals surface area contributed by atoms with Gasteiger partial charge >= 0.3 is 6.18 Å². The molecule has 1 aromatic carbocycles. The molecule has 0 fully saturated rings. The Hall–Kier alpha value is -4.47. The largest absolute Gasteiger partial charge is 0.416 e. The zero-order valence-electron chi connectivity index (χ0n) is 23.8. The number of rotatable bonds is 3. The van der Waals surface area contributed by atoms with Crippen LogP contribution in [0.2, 0.25) is 0 Å². The van der Waals surface area contributed by atoms with E-state index in [2.05, 4.69) is 26.4 Å². The van der Waals surface area contributed by atoms with Gasteiger partial charge in [0, 0.05) is 24.7 Å². The van der Waals surface area contributed by atoms with E-state index < -0.39 is 65.5 Å². The van der Waals surface area contributed by atoms with Gasteiger partial charge in [0.05, 0.1) is 18.2 Å². The minimum atomic E-state index is -4.60. The second-order valence-electron chi connectivity index (χ2n) is 10.4. The maximum Gasteiger partial charge on any atom is 0.416 e. The molecule has 1 aromatic heterocycles. The van der Waals surface area contributed by atoms with Gasteiger partial charge in [-0.15, -0.1) is 0 Å². The highest BCUT2D eigenvalue weighted by atomic mass is 19.4. The molecule has 0 saturated heterocycles. The number of hydrogen-bond donors (Lipinski definition) is 5. The molecule has 2 aromatic rings. The molecule has 43 heavy (non-hydrogen) atoms. The summed E-state index contributed by atoms with van der Waals surface area (Å²) in [5, 5.41) is 23.7. The van der Waals surface area contributed by atoms with E-state index in [-0.39, 0.29) is 42.6 Å². The van der Waals surface area contributed by atoms with E-state index in [0.29, 0.717) is 0 Å². The first kappa shape index (κ1) is 33.0. The number of carbonyl (C=O) groups excluding carboxylic acids is 5. The molecule has 5 N–H and O–H groups in total. The first-order chi connectivity index (χ1) is 20.1. The maximum absolute atomic E-state index is 13.3. The lowest BCUT2D eigenvalue weighted by atomic mass is 10.0. The number of alkyl halides is 3. The Balaban J connectivity index is 1.95. The van der Waals surface area contributed by atoms with Crippen LogP contribution in [0, 0.1) is 5.92 Å². The van der Waals surface area contributed by atoms with Crippen LogP contribution >= 0.6 is 0 Å². The van der Waals surface area contributed by atoms with E-state index in [0.717, 1.165) is 24.3 Å². The molecule has 2 bridgehead atoms. The number of fused-ring (bicyclic) bond motifs is 2. The summed E-state index contributed by atoms with van der Waals surface area (Å²) in [6, 6.07) is 1.06. The van der Waals surface area contributed by atoms with E-state index >= 15 is 0 Å². The molecule has 0 saturated carbocycles. The number of benzene rings is 1. The van der Waals surface area contributed by atoms with Crippen LogP contribution in [-0.4, -0.2) is 82.0 Å². The van der Waals surface area contributed by atoms with Gasteiger partial charge in [-0.05, 0) is 44.0 Å². The molecule has 0 aliphatic carbocycles. The summed E-state index contributed by atoms with van der Waals surface area (Å²) in [5.41, 5.74) is -1.32. The first-order valence-corrected chi connectivity index (χ1v) is 13.4. The van der Waals surface area contributed by atoms with Gasteiger partial charge in [-0.2, -0.15) is 13.2 Å². The Labute approximate surface area is 244 Å². The highest BCUT2D eigenvalue weighted by Gasteiger charge is 2.33. The van der Waals surface area contributed by atoms with Crippen molar-refractivity contribution >= 4 is 29.5 Å². The van der Waals surface area contributed by atoms with E-state index in [4.69, 9.17) is 4.52 Å². The number of aliphatic hydroxyl groups is 1. The van der Waals surface area contributed by atoms with Crippen molar-refractivity contribution in [2.75, 3.05) is 13.1 Å². The van der Waals surface area contributed by atoms with Crippen LogP contribution in [0.4, 0.5) is 13.2 Å². The van der Waals surface area contributed by atoms with Gasteiger partial charge in [-0.3, -0.25) is 24.0 Å². The Morgan fingerprint density at radius 2 is 1.65 bits per heavy atom. The van der Waals surface area contributed by atoms with Crippen molar-refractivity contribution in [1.29, 1.82) is 0 Å². The Bertz CT molecular complexity index is 1340. The van der Waals surface area contributed by atoms with Crippen molar-refractivity contribution < 1.29 is 46.8 Å². The fourth-order valence-corrected chi connectivity index (χ4v) is 4.15. The third-order valence-corrected chi connectivity index (χ3v) is 6.62. The molecule has 1 aliphatic rings. The quantitative estimate of drug-likeness (QED) is 0.335. The molecule has 3 rings (SSSR count). The van der Waals surface area contributed by atoms with Crippen LogP contribution < -0.4 is 21.3 Å². The summed E-state index contributed by atoms with van der Waals surface area (Å²) in [6.45, 7) is 5.42. The summed E-state index contributed by atoms with van der Waals surface area (Å²) in [7, 11) is 0. The smallest absolute Gasteiger partial charge is 0.391 e. The van der Waals surface area contributed by atoms with E-state index in [9.17, 15) is 42.3 Å². The standard InChI is InChI=1S/C27H33F3N6O7/c1-13(2)20-24(40)31-9-10-36(26(42)16-5-7-17(8-6-16)27(28,29)30)12-18-11-19(35-43-18)23(39)34-21(15(4)37)25(41)32-14(3)22(38)33-20/h5-8,11,13-15,20-21,37H,9-10,12H2,1-4H3,(H,31,40)(H,32,41)(H,33,38)(H,34,39)/t14-,15+,20-,21-/m0/s1. The molecule has 16 heteroatoms. The number of carbonyl (C=O) groups is 5. The monoisotopic (exact) mass is 610 g/mol. The van der Waals surface area contributed by atoms with E-state index in [1.807, 2.05) is 0 Å². The third-order valence-electron chi connectivity index (χ3n) is 6.62. The van der Waals surface area contributed by atoms with Crippen LogP contribution in [0.25, 0.3) is 0 Å². The number of halogens is 3. The second-order valence-corrected chi connectivity index (χ2v) is 10.4. The highest BCUT2D eigenvalue weighted by Crippen LogP contribution is 2.29. The Kier molecular flexibility index (Phi) is 10.5. The molecule has 0 unspecified atom stereocenters. The zero-order chi connectivity index (χ0) is 32.1. The topological polar surface area (TPSA) is 183 Å². The van der Waals surface area contributed by atoms with Crippen molar-refractivity contribution in [2.24, 2.45) is 5.92 Å². The molecular weight excluding hydrogens is 577 g/mol. The molecule has 5 amide bonds. The summed E-state index contributed by atoms with van der Waals surface area (Å²) >= 11 is 0. The number of nitrogens with one attached hydrogen (secondary N) is 4. The first-order valence-electron chi connectivity index (χ1n) is 13.4. The average molecular weight is 611 g/mol. The molecule has 4 atom stereocenters. The lowest BCUT2D eigenvalue weighted by molar-refractivity contribution is -0.137. The predicted molar refractivity (Wildman–Crippen MR) is 143 cm³/mol. The third kappa shape index (κ3) is 8.53. The van der Waals surface area contributed by atoms with Crippen molar-refractivity contribution in [1.82, 2.24) is 31.3 Å². The van der Waals surface area contributed by atoms with Crippen LogP contribution in [0.3, 0.4) is 0 Å². The summed E-state index contributed by atoms with van der Waals surface area (Å²) < 4.78 is 44.3. The number of aromatic nitrogens is 1. The van der Waals surface area contributed by atoms with Crippen molar-refractivity contribution in [3.8, 4) is 0 Å². The van der Waals surface area contributed by atoms with Gasteiger partial charge in [-0.25, -0.2) is 0 Å². The highest BCUT2D eigenvalue weighted by molar-refractivity contribution is 5.98. The van der Waals surface area contributed by atoms with Crippen LogP contribution in [-0.2, 0) is 27.1 Å². The van der Waals surface area contributed by atoms with E-state index in [1.165, 1.54) is 24.8 Å². The van der Waals surface area contributed by atoms with Gasteiger partial charge in [-0.1, -0.05) is 19.0 Å². The van der Waals surface area contributed by atoms with Gasteiger partial charge in [0.25, 0.3) is 11.8 Å². The summed E-state index contributed by atoms with van der Waals surface area (Å²) in [6.07, 6.45) is -5.99. The normalized spacial score (nSPS) is 22.1. The van der Waals surface area contributed by atoms with E-state index in [1.54, 1.807) is 13.8 Å². The summed E-state index contributed by atoms with van der Waals surface area (Å²) in [5.74, 6) is -4.15. The molecule has 13 nitrogen and oxygen atoms in total. The van der Waals surface area contributed by atoms with Crippen molar-refractivity contribution in [3.63, 3.8) is 0 Å². The van der Waals surface area contributed by atoms with Crippen LogP contribution in [0.1, 0.15) is 59.9 Å². The number of aliphatic hydroxyl groups excluding tert-OH is 1. The van der Waals surface area contributed by atoms with Gasteiger partial charge < -0.3 is 35.8 Å². The van der Waals surface area contributed by atoms with Gasteiger partial charge in [0.2, 0.25) is 17.7 Å². The fourth-order valence-electron chi connectivity index (χ4n) is 4.15. The molecule has 234 valence electrons. The van der Waals surface area contributed by atoms with Crippen LogP contribution in [0.5, 0.6) is 0 Å². The fraction of sp³-hybridized carbons (Fsp3) is 0.481. The van der Waals surface area contributed by atoms with Gasteiger partial charge in [0.1, 0.15) is 18.1 Å².